The Morgan fingerprint density at radius 3 is 2.73 bits per heavy atom. The van der Waals surface area contributed by atoms with Crippen molar-refractivity contribution >= 4 is 0 Å². The molecule has 0 bridgehead atoms. The van der Waals surface area contributed by atoms with E-state index >= 15 is 0 Å². The van der Waals surface area contributed by atoms with Gasteiger partial charge < -0.3 is 10.1 Å². The molecule has 1 saturated carbocycles. The van der Waals surface area contributed by atoms with Gasteiger partial charge in [-0.3, -0.25) is 0 Å². The van der Waals surface area contributed by atoms with E-state index in [4.69, 9.17) is 4.74 Å². The standard InChI is InChI=1S/C20H27F2N3O/c1-23-13-18-12-20(26-14-16-7-8-17(21)11-19(16)22)25(24-18)10-9-15-5-3-2-4-6-15/h7-8,11-12,15,23H,2-6,9-10,13-14H2,1H3. The van der Waals surface area contributed by atoms with Gasteiger partial charge >= 0.3 is 0 Å². The van der Waals surface area contributed by atoms with Gasteiger partial charge in [0.1, 0.15) is 18.2 Å². The molecule has 1 fully saturated rings. The second-order valence-electron chi connectivity index (χ2n) is 7.04. The Kier molecular flexibility index (Phi) is 6.61. The smallest absolute Gasteiger partial charge is 0.212 e. The van der Waals surface area contributed by atoms with Gasteiger partial charge in [-0.15, -0.1) is 0 Å². The van der Waals surface area contributed by atoms with Gasteiger partial charge in [-0.25, -0.2) is 13.5 Å². The minimum atomic E-state index is -0.589. The Hall–Kier alpha value is -1.95. The molecule has 0 atom stereocenters. The van der Waals surface area contributed by atoms with Gasteiger partial charge in [-0.05, 0) is 31.5 Å². The number of nitrogens with zero attached hydrogens (tertiary/aromatic N) is 2. The number of halogens is 2. The molecule has 1 heterocycles. The predicted octanol–water partition coefficient (Wildman–Crippen LogP) is 4.43. The lowest BCUT2D eigenvalue weighted by molar-refractivity contribution is 0.255. The van der Waals surface area contributed by atoms with Gasteiger partial charge in [0.15, 0.2) is 0 Å². The van der Waals surface area contributed by atoms with Crippen molar-refractivity contribution < 1.29 is 13.5 Å². The maximum atomic E-state index is 13.8. The van der Waals surface area contributed by atoms with Crippen LogP contribution in [0.15, 0.2) is 24.3 Å². The maximum absolute atomic E-state index is 13.8. The summed E-state index contributed by atoms with van der Waals surface area (Å²) < 4.78 is 34.6. The number of hydrogen-bond donors (Lipinski definition) is 1. The molecule has 26 heavy (non-hydrogen) atoms. The third-order valence-electron chi connectivity index (χ3n) is 5.02. The van der Waals surface area contributed by atoms with Gasteiger partial charge in [-0.2, -0.15) is 5.10 Å². The molecule has 1 N–H and O–H groups in total. The summed E-state index contributed by atoms with van der Waals surface area (Å²) in [5.41, 5.74) is 1.23. The Morgan fingerprint density at radius 2 is 2.00 bits per heavy atom. The average molecular weight is 363 g/mol. The van der Waals surface area contributed by atoms with Crippen LogP contribution in [0.3, 0.4) is 0 Å². The molecule has 1 aromatic carbocycles. The van der Waals surface area contributed by atoms with Crippen LogP contribution in [0.4, 0.5) is 8.78 Å². The van der Waals surface area contributed by atoms with Gasteiger partial charge in [0, 0.05) is 30.8 Å². The zero-order chi connectivity index (χ0) is 18.4. The second-order valence-corrected chi connectivity index (χ2v) is 7.04. The van der Waals surface area contributed by atoms with Gasteiger partial charge in [0.2, 0.25) is 5.88 Å². The van der Waals surface area contributed by atoms with Crippen LogP contribution in [-0.4, -0.2) is 16.8 Å². The lowest BCUT2D eigenvalue weighted by Gasteiger charge is -2.21. The monoisotopic (exact) mass is 363 g/mol. The highest BCUT2D eigenvalue weighted by Crippen LogP contribution is 2.27. The molecular formula is C20H27F2N3O. The van der Waals surface area contributed by atoms with E-state index in [1.807, 2.05) is 17.8 Å². The SMILES string of the molecule is CNCc1cc(OCc2ccc(F)cc2F)n(CCC2CCCCC2)n1. The Morgan fingerprint density at radius 1 is 1.19 bits per heavy atom. The quantitative estimate of drug-likeness (QED) is 0.754. The summed E-state index contributed by atoms with van der Waals surface area (Å²) in [5.74, 6) is 0.215. The fourth-order valence-corrected chi connectivity index (χ4v) is 3.57. The van der Waals surface area contributed by atoms with Crippen LogP contribution in [-0.2, 0) is 19.7 Å². The molecule has 0 saturated heterocycles. The van der Waals surface area contributed by atoms with Crippen molar-refractivity contribution in [1.29, 1.82) is 0 Å². The van der Waals surface area contributed by atoms with E-state index in [1.54, 1.807) is 0 Å². The lowest BCUT2D eigenvalue weighted by Crippen LogP contribution is -2.13. The summed E-state index contributed by atoms with van der Waals surface area (Å²) in [5, 5.41) is 7.69. The van der Waals surface area contributed by atoms with Crippen molar-refractivity contribution in [2.45, 2.75) is 58.2 Å². The summed E-state index contributed by atoms with van der Waals surface area (Å²) in [4.78, 5) is 0. The first kappa shape index (κ1) is 18.8. The number of hydrogen-bond acceptors (Lipinski definition) is 3. The summed E-state index contributed by atoms with van der Waals surface area (Å²) in [6.07, 6.45) is 7.66. The summed E-state index contributed by atoms with van der Waals surface area (Å²) in [6.45, 7) is 1.51. The molecule has 0 amide bonds. The van der Waals surface area contributed by atoms with Crippen LogP contribution in [0, 0.1) is 17.6 Å². The van der Waals surface area contributed by atoms with Crippen LogP contribution in [0.5, 0.6) is 5.88 Å². The first-order valence-corrected chi connectivity index (χ1v) is 9.43. The van der Waals surface area contributed by atoms with Crippen LogP contribution in [0.25, 0.3) is 0 Å². The molecule has 1 aliphatic carbocycles. The summed E-state index contributed by atoms with van der Waals surface area (Å²) in [6, 6.07) is 5.43. The van der Waals surface area contributed by atoms with Gasteiger partial charge in [0.25, 0.3) is 0 Å². The molecule has 142 valence electrons. The van der Waals surface area contributed by atoms with Crippen molar-refractivity contribution in [3.63, 3.8) is 0 Å². The molecule has 0 aliphatic heterocycles. The van der Waals surface area contributed by atoms with E-state index in [0.717, 1.165) is 30.6 Å². The van der Waals surface area contributed by atoms with Crippen LogP contribution in [0.1, 0.15) is 49.8 Å². The number of rotatable bonds is 8. The highest BCUT2D eigenvalue weighted by molar-refractivity contribution is 5.20. The van der Waals surface area contributed by atoms with Crippen LogP contribution in [0.2, 0.25) is 0 Å². The lowest BCUT2D eigenvalue weighted by atomic mass is 9.87. The molecule has 0 unspecified atom stereocenters. The normalized spacial score (nSPS) is 15.3. The fourth-order valence-electron chi connectivity index (χ4n) is 3.57. The number of nitrogens with one attached hydrogen (secondary N) is 1. The van der Waals surface area contributed by atoms with Gasteiger partial charge in [0.05, 0.1) is 5.69 Å². The van der Waals surface area contributed by atoms with Crippen molar-refractivity contribution in [1.82, 2.24) is 15.1 Å². The third-order valence-corrected chi connectivity index (χ3v) is 5.02. The van der Waals surface area contributed by atoms with E-state index < -0.39 is 11.6 Å². The number of benzene rings is 1. The largest absolute Gasteiger partial charge is 0.473 e. The molecule has 0 radical (unpaired) electrons. The van der Waals surface area contributed by atoms with Crippen molar-refractivity contribution in [2.24, 2.45) is 5.92 Å². The minimum Gasteiger partial charge on any atom is -0.473 e. The molecule has 6 heteroatoms. The minimum absolute atomic E-state index is 0.0558. The Bertz CT molecular complexity index is 711. The van der Waals surface area contributed by atoms with E-state index in [2.05, 4.69) is 10.4 Å². The second kappa shape index (κ2) is 9.12. The average Bonchev–Trinajstić information content (AvgIpc) is 3.02. The molecular weight excluding hydrogens is 336 g/mol. The first-order valence-electron chi connectivity index (χ1n) is 9.43. The molecule has 4 nitrogen and oxygen atoms in total. The van der Waals surface area contributed by atoms with Crippen LogP contribution < -0.4 is 10.1 Å². The molecule has 0 spiro atoms. The highest BCUT2D eigenvalue weighted by atomic mass is 19.1. The maximum Gasteiger partial charge on any atom is 0.212 e. The zero-order valence-corrected chi connectivity index (χ0v) is 15.3. The molecule has 3 rings (SSSR count). The van der Waals surface area contributed by atoms with E-state index in [9.17, 15) is 8.78 Å². The summed E-state index contributed by atoms with van der Waals surface area (Å²) in [7, 11) is 1.87. The zero-order valence-electron chi connectivity index (χ0n) is 15.3. The van der Waals surface area contributed by atoms with E-state index in [-0.39, 0.29) is 6.61 Å². The Balaban J connectivity index is 1.65. The fraction of sp³-hybridized carbons (Fsp3) is 0.550. The van der Waals surface area contributed by atoms with Gasteiger partial charge in [-0.1, -0.05) is 32.1 Å². The van der Waals surface area contributed by atoms with Crippen molar-refractivity contribution in [3.05, 3.63) is 47.2 Å². The number of aryl methyl sites for hydroxylation is 1. The molecule has 1 aliphatic rings. The van der Waals surface area contributed by atoms with Crippen molar-refractivity contribution in [2.75, 3.05) is 7.05 Å². The van der Waals surface area contributed by atoms with Crippen LogP contribution >= 0.6 is 0 Å². The summed E-state index contributed by atoms with van der Waals surface area (Å²) >= 11 is 0. The number of ether oxygens (including phenoxy) is 1. The van der Waals surface area contributed by atoms with E-state index in [1.165, 1.54) is 44.2 Å². The Labute approximate surface area is 153 Å². The third kappa shape index (κ3) is 5.04. The van der Waals surface area contributed by atoms with Crippen molar-refractivity contribution in [3.8, 4) is 5.88 Å². The molecule has 2 aromatic rings. The van der Waals surface area contributed by atoms with E-state index in [0.29, 0.717) is 18.0 Å². The highest BCUT2D eigenvalue weighted by Gasteiger charge is 2.16. The molecule has 1 aromatic heterocycles. The predicted molar refractivity (Wildman–Crippen MR) is 96.9 cm³/mol. The number of aromatic nitrogens is 2. The first-order chi connectivity index (χ1) is 12.7. The topological polar surface area (TPSA) is 39.1 Å².